The average molecular weight is 383 g/mol. The molecule has 1 heterocycles. The van der Waals surface area contributed by atoms with E-state index in [0.29, 0.717) is 17.3 Å². The minimum Gasteiger partial charge on any atom is -0.349 e. The summed E-state index contributed by atoms with van der Waals surface area (Å²) in [6.45, 7) is 0.0404. The number of amidine groups is 1. The molecular weight excluding hydrogens is 362 g/mol. The molecule has 6 nitrogen and oxygen atoms in total. The number of carbonyl (C=O) groups is 1. The smallest absolute Gasteiger partial charge is 0.285 e. The second-order valence-electron chi connectivity index (χ2n) is 7.04. The third-order valence-electron chi connectivity index (χ3n) is 4.92. The van der Waals surface area contributed by atoms with Gasteiger partial charge in [0.2, 0.25) is 5.91 Å². The first-order valence-electron chi connectivity index (χ1n) is 8.95. The number of carbonyl (C=O) groups excluding carboxylic acids is 1. The molecule has 2 aromatic rings. The first kappa shape index (κ1) is 17.7. The van der Waals surface area contributed by atoms with Crippen LogP contribution in [-0.4, -0.2) is 38.7 Å². The molecule has 1 unspecified atom stereocenters. The van der Waals surface area contributed by atoms with E-state index in [4.69, 9.17) is 0 Å². The summed E-state index contributed by atoms with van der Waals surface area (Å²) in [5.41, 5.74) is 1.64. The van der Waals surface area contributed by atoms with Gasteiger partial charge >= 0.3 is 0 Å². The van der Waals surface area contributed by atoms with E-state index >= 15 is 0 Å². The molecule has 0 bridgehead atoms. The minimum atomic E-state index is -3.69. The topological polar surface area (TPSA) is 78.8 Å². The molecule has 0 saturated heterocycles. The average Bonchev–Trinajstić information content (AvgIpc) is 3.46. The molecule has 1 atom stereocenters. The van der Waals surface area contributed by atoms with E-state index < -0.39 is 10.0 Å². The standard InChI is InChI=1S/C20H21N3O3S/c1-23(20-16-9-5-6-10-17(16)27(25,26)22-20)13-18(24)21-19(15-11-12-15)14-7-3-2-4-8-14/h2-10,15,19H,11-13H2,1H3,(H,21,24). The summed E-state index contributed by atoms with van der Waals surface area (Å²) in [7, 11) is -2.01. The van der Waals surface area contributed by atoms with Crippen molar-refractivity contribution in [3.8, 4) is 0 Å². The Morgan fingerprint density at radius 1 is 1.15 bits per heavy atom. The fourth-order valence-electron chi connectivity index (χ4n) is 3.44. The highest BCUT2D eigenvalue weighted by Crippen LogP contribution is 2.40. The second-order valence-corrected chi connectivity index (χ2v) is 8.61. The summed E-state index contributed by atoms with van der Waals surface area (Å²) >= 11 is 0. The van der Waals surface area contributed by atoms with Gasteiger partial charge in [-0.25, -0.2) is 0 Å². The van der Waals surface area contributed by atoms with Gasteiger partial charge in [0.05, 0.1) is 12.6 Å². The molecule has 1 fully saturated rings. The number of hydrogen-bond donors (Lipinski definition) is 1. The van der Waals surface area contributed by atoms with Crippen LogP contribution in [-0.2, 0) is 14.8 Å². The van der Waals surface area contributed by atoms with E-state index in [0.717, 1.165) is 18.4 Å². The van der Waals surface area contributed by atoms with E-state index in [1.807, 2.05) is 30.3 Å². The summed E-state index contributed by atoms with van der Waals surface area (Å²) < 4.78 is 28.3. The van der Waals surface area contributed by atoms with Crippen molar-refractivity contribution in [2.24, 2.45) is 10.3 Å². The van der Waals surface area contributed by atoms with Gasteiger partial charge in [0.15, 0.2) is 5.84 Å². The van der Waals surface area contributed by atoms with Crippen LogP contribution in [0.15, 0.2) is 63.9 Å². The van der Waals surface area contributed by atoms with Crippen LogP contribution in [0.2, 0.25) is 0 Å². The van der Waals surface area contributed by atoms with Crippen molar-refractivity contribution in [1.29, 1.82) is 0 Å². The van der Waals surface area contributed by atoms with Crippen LogP contribution < -0.4 is 5.32 Å². The predicted molar refractivity (Wildman–Crippen MR) is 103 cm³/mol. The van der Waals surface area contributed by atoms with E-state index in [1.165, 1.54) is 6.07 Å². The number of nitrogens with zero attached hydrogens (tertiary/aromatic N) is 2. The summed E-state index contributed by atoms with van der Waals surface area (Å²) in [4.78, 5) is 14.4. The number of benzene rings is 2. The van der Waals surface area contributed by atoms with Crippen LogP contribution in [0.3, 0.4) is 0 Å². The van der Waals surface area contributed by atoms with Crippen molar-refractivity contribution >= 4 is 21.8 Å². The maximum atomic E-state index is 12.6. The SMILES string of the molecule is CN(CC(=O)NC(c1ccccc1)C1CC1)C1=NS(=O)(=O)c2ccccc21. The Morgan fingerprint density at radius 2 is 1.81 bits per heavy atom. The van der Waals surface area contributed by atoms with E-state index in [1.54, 1.807) is 30.1 Å². The van der Waals surface area contributed by atoms with Gasteiger partial charge in [0.25, 0.3) is 10.0 Å². The molecule has 2 aliphatic rings. The summed E-state index contributed by atoms with van der Waals surface area (Å²) in [5.74, 6) is 0.623. The van der Waals surface area contributed by atoms with Gasteiger partial charge in [-0.2, -0.15) is 8.42 Å². The molecule has 1 aliphatic heterocycles. The molecule has 7 heteroatoms. The van der Waals surface area contributed by atoms with Gasteiger partial charge in [0, 0.05) is 12.6 Å². The van der Waals surface area contributed by atoms with Crippen LogP contribution in [0, 0.1) is 5.92 Å². The number of fused-ring (bicyclic) bond motifs is 1. The van der Waals surface area contributed by atoms with Crippen molar-refractivity contribution in [1.82, 2.24) is 10.2 Å². The Balaban J connectivity index is 1.49. The van der Waals surface area contributed by atoms with Gasteiger partial charge in [-0.05, 0) is 36.5 Å². The number of nitrogens with one attached hydrogen (secondary N) is 1. The molecule has 1 aliphatic carbocycles. The Kier molecular flexibility index (Phi) is 4.47. The Bertz CT molecular complexity index is 998. The number of hydrogen-bond acceptors (Lipinski definition) is 4. The highest BCUT2D eigenvalue weighted by atomic mass is 32.2. The first-order chi connectivity index (χ1) is 13.0. The molecule has 4 rings (SSSR count). The normalized spacial score (nSPS) is 18.3. The molecule has 2 aromatic carbocycles. The number of rotatable bonds is 5. The lowest BCUT2D eigenvalue weighted by Gasteiger charge is -2.22. The van der Waals surface area contributed by atoms with E-state index in [-0.39, 0.29) is 23.4 Å². The van der Waals surface area contributed by atoms with Crippen LogP contribution in [0.1, 0.15) is 30.0 Å². The molecule has 1 saturated carbocycles. The molecule has 0 aromatic heterocycles. The maximum absolute atomic E-state index is 12.6. The molecule has 1 amide bonds. The summed E-state index contributed by atoms with van der Waals surface area (Å²) in [6, 6.07) is 16.6. The van der Waals surface area contributed by atoms with Crippen LogP contribution >= 0.6 is 0 Å². The van der Waals surface area contributed by atoms with Gasteiger partial charge in [-0.3, -0.25) is 4.79 Å². The zero-order valence-electron chi connectivity index (χ0n) is 15.0. The summed E-state index contributed by atoms with van der Waals surface area (Å²) in [5, 5.41) is 3.11. The zero-order chi connectivity index (χ0) is 19.0. The van der Waals surface area contributed by atoms with Crippen molar-refractivity contribution in [3.63, 3.8) is 0 Å². The van der Waals surface area contributed by atoms with Crippen molar-refractivity contribution in [3.05, 3.63) is 65.7 Å². The minimum absolute atomic E-state index is 0.00589. The zero-order valence-corrected chi connectivity index (χ0v) is 15.8. The Hall–Kier alpha value is -2.67. The predicted octanol–water partition coefficient (Wildman–Crippen LogP) is 2.33. The largest absolute Gasteiger partial charge is 0.349 e. The fraction of sp³-hybridized carbons (Fsp3) is 0.300. The third-order valence-corrected chi connectivity index (χ3v) is 6.25. The fourth-order valence-corrected chi connectivity index (χ4v) is 4.69. The van der Waals surface area contributed by atoms with E-state index in [9.17, 15) is 13.2 Å². The van der Waals surface area contributed by atoms with Gasteiger partial charge in [-0.1, -0.05) is 42.5 Å². The van der Waals surface area contributed by atoms with E-state index in [2.05, 4.69) is 9.71 Å². The van der Waals surface area contributed by atoms with Gasteiger partial charge in [-0.15, -0.1) is 4.40 Å². The lowest BCUT2D eigenvalue weighted by molar-refractivity contribution is -0.122. The molecule has 140 valence electrons. The van der Waals surface area contributed by atoms with Crippen LogP contribution in [0.4, 0.5) is 0 Å². The lowest BCUT2D eigenvalue weighted by atomic mass is 10.0. The molecular formula is C20H21N3O3S. The van der Waals surface area contributed by atoms with Crippen molar-refractivity contribution < 1.29 is 13.2 Å². The van der Waals surface area contributed by atoms with Gasteiger partial charge in [0.1, 0.15) is 4.90 Å². The quantitative estimate of drug-likeness (QED) is 0.860. The number of amides is 1. The highest BCUT2D eigenvalue weighted by molar-refractivity contribution is 7.90. The van der Waals surface area contributed by atoms with Crippen molar-refractivity contribution in [2.45, 2.75) is 23.8 Å². The second kappa shape index (κ2) is 6.81. The first-order valence-corrected chi connectivity index (χ1v) is 10.4. The Morgan fingerprint density at radius 3 is 2.52 bits per heavy atom. The molecule has 0 radical (unpaired) electrons. The van der Waals surface area contributed by atoms with Crippen LogP contribution in [0.25, 0.3) is 0 Å². The third kappa shape index (κ3) is 3.60. The summed E-state index contributed by atoms with van der Waals surface area (Å²) in [6.07, 6.45) is 2.21. The maximum Gasteiger partial charge on any atom is 0.285 e. The monoisotopic (exact) mass is 383 g/mol. The number of likely N-dealkylation sites (N-methyl/N-ethyl adjacent to an activating group) is 1. The van der Waals surface area contributed by atoms with Crippen molar-refractivity contribution in [2.75, 3.05) is 13.6 Å². The van der Waals surface area contributed by atoms with Gasteiger partial charge < -0.3 is 10.2 Å². The molecule has 27 heavy (non-hydrogen) atoms. The Labute approximate surface area is 159 Å². The highest BCUT2D eigenvalue weighted by Gasteiger charge is 2.34. The molecule has 1 N–H and O–H groups in total. The van der Waals surface area contributed by atoms with Crippen LogP contribution in [0.5, 0.6) is 0 Å². The lowest BCUT2D eigenvalue weighted by Crippen LogP contribution is -2.40. The number of sulfonamides is 1. The molecule has 0 spiro atoms.